The third kappa shape index (κ3) is 4.29. The van der Waals surface area contributed by atoms with E-state index in [0.29, 0.717) is 9.82 Å². The fourth-order valence-electron chi connectivity index (χ4n) is 2.47. The van der Waals surface area contributed by atoms with E-state index >= 15 is 0 Å². The molecule has 2 aromatic carbocycles. The van der Waals surface area contributed by atoms with Crippen molar-refractivity contribution in [1.82, 2.24) is 4.57 Å². The number of aryl methyl sites for hydroxylation is 1. The Morgan fingerprint density at radius 2 is 2.12 bits per heavy atom. The molecule has 0 spiro atoms. The van der Waals surface area contributed by atoms with E-state index in [-0.39, 0.29) is 5.91 Å². The summed E-state index contributed by atoms with van der Waals surface area (Å²) in [6, 6.07) is 13.5. The molecule has 1 aromatic heterocycles. The molecule has 3 nitrogen and oxygen atoms in total. The smallest absolute Gasteiger partial charge is 0.272 e. The first-order valence-corrected chi connectivity index (χ1v) is 9.87. The number of amides is 1. The predicted octanol–water partition coefficient (Wildman–Crippen LogP) is 5.67. The zero-order valence-electron chi connectivity index (χ0n) is 13.6. The van der Waals surface area contributed by atoms with Crippen molar-refractivity contribution in [2.75, 3.05) is 0 Å². The van der Waals surface area contributed by atoms with Crippen LogP contribution in [-0.4, -0.2) is 10.5 Å². The fraction of sp³-hybridized carbons (Fsp3) is 0.158. The van der Waals surface area contributed by atoms with Gasteiger partial charge in [-0.25, -0.2) is 0 Å². The molecule has 0 fully saturated rings. The van der Waals surface area contributed by atoms with E-state index in [1.807, 2.05) is 24.3 Å². The summed E-state index contributed by atoms with van der Waals surface area (Å²) in [5.74, 6) is -0.296. The zero-order chi connectivity index (χ0) is 17.8. The van der Waals surface area contributed by atoms with E-state index in [9.17, 15) is 4.79 Å². The highest BCUT2D eigenvalue weighted by atomic mass is 79.9. The molecule has 0 saturated carbocycles. The number of hydrogen-bond donors (Lipinski definition) is 0. The minimum absolute atomic E-state index is 0.296. The van der Waals surface area contributed by atoms with Gasteiger partial charge in [-0.3, -0.25) is 4.79 Å². The topological polar surface area (TPSA) is 34.4 Å². The van der Waals surface area contributed by atoms with Crippen LogP contribution in [0.4, 0.5) is 0 Å². The number of fused-ring (bicyclic) bond motifs is 1. The first-order valence-electron chi connectivity index (χ1n) is 7.88. The molecule has 25 heavy (non-hydrogen) atoms. The first-order chi connectivity index (χ1) is 12.1. The van der Waals surface area contributed by atoms with Gasteiger partial charge in [0.1, 0.15) is 0 Å². The van der Waals surface area contributed by atoms with Crippen LogP contribution in [0.3, 0.4) is 0 Å². The maximum absolute atomic E-state index is 12.3. The lowest BCUT2D eigenvalue weighted by atomic mass is 10.2. The minimum Gasteiger partial charge on any atom is -0.316 e. The van der Waals surface area contributed by atoms with Crippen molar-refractivity contribution in [3.63, 3.8) is 0 Å². The average Bonchev–Trinajstić information content (AvgIpc) is 2.91. The second-order valence-electron chi connectivity index (χ2n) is 5.45. The quantitative estimate of drug-likeness (QED) is 0.486. The molecule has 0 aliphatic heterocycles. The predicted molar refractivity (Wildman–Crippen MR) is 109 cm³/mol. The number of carbonyl (C=O) groups is 1. The van der Waals surface area contributed by atoms with E-state index in [1.165, 1.54) is 17.4 Å². The fourth-order valence-corrected chi connectivity index (χ4v) is 4.29. The molecule has 0 bridgehead atoms. The highest BCUT2D eigenvalue weighted by Crippen LogP contribution is 2.22. The molecular formula is C19H16BrClN2OS. The van der Waals surface area contributed by atoms with Gasteiger partial charge in [-0.1, -0.05) is 64.0 Å². The number of carbonyl (C=O) groups excluding carboxylic acids is 1. The Bertz CT molecular complexity index is 1020. The third-order valence-corrected chi connectivity index (χ3v) is 5.49. The van der Waals surface area contributed by atoms with Crippen LogP contribution in [-0.2, 0) is 11.3 Å². The van der Waals surface area contributed by atoms with Crippen molar-refractivity contribution in [3.05, 3.63) is 68.4 Å². The number of hydrogen-bond acceptors (Lipinski definition) is 2. The Labute approximate surface area is 163 Å². The number of thiazole rings is 1. The molecule has 0 aliphatic rings. The largest absolute Gasteiger partial charge is 0.316 e. The summed E-state index contributed by atoms with van der Waals surface area (Å²) in [4.78, 5) is 17.3. The normalized spacial score (nSPS) is 12.4. The van der Waals surface area contributed by atoms with Crippen LogP contribution in [0, 0.1) is 0 Å². The summed E-state index contributed by atoms with van der Waals surface area (Å²) in [7, 11) is 0. The maximum Gasteiger partial charge on any atom is 0.272 e. The summed E-state index contributed by atoms with van der Waals surface area (Å²) < 4.78 is 4.21. The van der Waals surface area contributed by atoms with E-state index in [4.69, 9.17) is 11.6 Å². The Kier molecular flexibility index (Phi) is 5.89. The van der Waals surface area contributed by atoms with Gasteiger partial charge >= 0.3 is 0 Å². The second kappa shape index (κ2) is 8.13. The van der Waals surface area contributed by atoms with Gasteiger partial charge in [0.25, 0.3) is 5.91 Å². The van der Waals surface area contributed by atoms with Crippen LogP contribution in [0.25, 0.3) is 16.3 Å². The number of nitrogens with zero attached hydrogens (tertiary/aromatic N) is 2. The van der Waals surface area contributed by atoms with Crippen molar-refractivity contribution in [2.24, 2.45) is 4.99 Å². The Balaban J connectivity index is 1.98. The molecule has 6 heteroatoms. The molecule has 0 saturated heterocycles. The van der Waals surface area contributed by atoms with Crippen molar-refractivity contribution in [3.8, 4) is 0 Å². The number of aromatic nitrogens is 1. The maximum atomic E-state index is 12.3. The SMILES string of the molecule is CCCn1c(=NC(=O)/C=C/c2ccccc2Cl)sc2cc(Br)ccc21. The summed E-state index contributed by atoms with van der Waals surface area (Å²) in [5.41, 5.74) is 1.89. The van der Waals surface area contributed by atoms with Gasteiger partial charge in [0, 0.05) is 22.1 Å². The van der Waals surface area contributed by atoms with Gasteiger partial charge < -0.3 is 4.57 Å². The monoisotopic (exact) mass is 434 g/mol. The Hall–Kier alpha value is -1.69. The Morgan fingerprint density at radius 1 is 1.32 bits per heavy atom. The molecule has 3 rings (SSSR count). The van der Waals surface area contributed by atoms with Crippen LogP contribution in [0.1, 0.15) is 18.9 Å². The zero-order valence-corrected chi connectivity index (χ0v) is 16.7. The molecule has 0 radical (unpaired) electrons. The van der Waals surface area contributed by atoms with E-state index < -0.39 is 0 Å². The molecule has 0 aliphatic carbocycles. The van der Waals surface area contributed by atoms with Crippen LogP contribution in [0.2, 0.25) is 5.02 Å². The lowest BCUT2D eigenvalue weighted by molar-refractivity contribution is -0.113. The van der Waals surface area contributed by atoms with Crippen LogP contribution in [0.5, 0.6) is 0 Å². The molecule has 0 unspecified atom stereocenters. The summed E-state index contributed by atoms with van der Waals surface area (Å²) in [6.07, 6.45) is 4.12. The molecule has 0 atom stereocenters. The van der Waals surface area contributed by atoms with Crippen molar-refractivity contribution >= 4 is 61.1 Å². The molecule has 3 aromatic rings. The van der Waals surface area contributed by atoms with Crippen molar-refractivity contribution in [1.29, 1.82) is 0 Å². The van der Waals surface area contributed by atoms with Crippen LogP contribution < -0.4 is 4.80 Å². The lowest BCUT2D eigenvalue weighted by Gasteiger charge is -2.02. The summed E-state index contributed by atoms with van der Waals surface area (Å²) >= 11 is 11.1. The minimum atomic E-state index is -0.296. The molecule has 128 valence electrons. The molecular weight excluding hydrogens is 420 g/mol. The summed E-state index contributed by atoms with van der Waals surface area (Å²) in [6.45, 7) is 2.93. The van der Waals surface area contributed by atoms with Crippen molar-refractivity contribution < 1.29 is 4.79 Å². The van der Waals surface area contributed by atoms with Gasteiger partial charge in [-0.2, -0.15) is 4.99 Å². The molecule has 1 amide bonds. The van der Waals surface area contributed by atoms with Gasteiger partial charge in [0.15, 0.2) is 4.80 Å². The number of halogens is 2. The van der Waals surface area contributed by atoms with Crippen LogP contribution in [0.15, 0.2) is 58.0 Å². The van der Waals surface area contributed by atoms with Gasteiger partial charge in [-0.05, 0) is 42.3 Å². The highest BCUT2D eigenvalue weighted by Gasteiger charge is 2.07. The van der Waals surface area contributed by atoms with E-state index in [0.717, 1.165) is 33.2 Å². The van der Waals surface area contributed by atoms with Crippen molar-refractivity contribution in [2.45, 2.75) is 19.9 Å². The Morgan fingerprint density at radius 3 is 2.88 bits per heavy atom. The van der Waals surface area contributed by atoms with Gasteiger partial charge in [0.05, 0.1) is 10.2 Å². The molecule has 1 heterocycles. The summed E-state index contributed by atoms with van der Waals surface area (Å²) in [5, 5.41) is 0.610. The number of rotatable bonds is 4. The number of benzene rings is 2. The first kappa shape index (κ1) is 18.1. The standard InChI is InChI=1S/C19H16BrClN2OS/c1-2-11-23-16-9-8-14(20)12-17(16)25-19(23)22-18(24)10-7-13-5-3-4-6-15(13)21/h3-10,12H,2,11H2,1H3/b10-7+,22-19?. The van der Waals surface area contributed by atoms with E-state index in [1.54, 1.807) is 12.1 Å². The highest BCUT2D eigenvalue weighted by molar-refractivity contribution is 9.10. The third-order valence-electron chi connectivity index (χ3n) is 3.61. The average molecular weight is 436 g/mol. The van der Waals surface area contributed by atoms with Gasteiger partial charge in [0.2, 0.25) is 0 Å². The van der Waals surface area contributed by atoms with Gasteiger partial charge in [-0.15, -0.1) is 0 Å². The van der Waals surface area contributed by atoms with Crippen LogP contribution >= 0.6 is 38.9 Å². The second-order valence-corrected chi connectivity index (χ2v) is 7.79. The lowest BCUT2D eigenvalue weighted by Crippen LogP contribution is -2.16. The van der Waals surface area contributed by atoms with E-state index in [2.05, 4.69) is 44.5 Å². The molecule has 0 N–H and O–H groups in total.